The van der Waals surface area contributed by atoms with Crippen LogP contribution in [-0.4, -0.2) is 9.38 Å². The molecule has 1 aliphatic carbocycles. The zero-order chi connectivity index (χ0) is 18.8. The van der Waals surface area contributed by atoms with Crippen LogP contribution in [0, 0.1) is 6.92 Å². The van der Waals surface area contributed by atoms with E-state index in [0.29, 0.717) is 0 Å². The minimum Gasteiger partial charge on any atom is -0.255 e. The normalized spacial score (nSPS) is 15.5. The van der Waals surface area contributed by atoms with Crippen molar-refractivity contribution in [2.45, 2.75) is 38.5 Å². The number of imidazole rings is 1. The summed E-state index contributed by atoms with van der Waals surface area (Å²) >= 11 is 0. The van der Waals surface area contributed by atoms with Gasteiger partial charge in [0, 0.05) is 11.6 Å². The van der Waals surface area contributed by atoms with Gasteiger partial charge in [0.15, 0.2) is 11.0 Å². The third kappa shape index (κ3) is 2.05. The van der Waals surface area contributed by atoms with E-state index >= 15 is 0 Å². The van der Waals surface area contributed by atoms with Crippen LogP contribution in [0.1, 0.15) is 42.7 Å². The van der Waals surface area contributed by atoms with Crippen molar-refractivity contribution in [3.8, 4) is 0 Å². The molecule has 28 heavy (non-hydrogen) atoms. The first-order valence-electron chi connectivity index (χ1n) is 10.3. The van der Waals surface area contributed by atoms with Gasteiger partial charge in [0.05, 0.1) is 18.0 Å². The molecule has 0 atom stereocenters. The van der Waals surface area contributed by atoms with Crippen LogP contribution in [0.25, 0.3) is 38.5 Å². The average Bonchev–Trinajstić information content (AvgIpc) is 3.36. The Morgan fingerprint density at radius 3 is 2.68 bits per heavy atom. The van der Waals surface area contributed by atoms with Crippen molar-refractivity contribution in [3.05, 3.63) is 65.9 Å². The lowest BCUT2D eigenvalue weighted by Gasteiger charge is -2.08. The standard InChI is InChI=1S/C25H24N3/c1-16-13-14-26-24-19-9-5-6-10-20(19)28-22-15-18(17-7-3-4-8-17)11-12-21(22)27(2)25(28)23(16)24/h5-6,9-15,17H,3-4,7-8H2,1-2H3/q+1. The van der Waals surface area contributed by atoms with Crippen molar-refractivity contribution in [1.82, 2.24) is 9.38 Å². The molecule has 6 rings (SSSR count). The largest absolute Gasteiger partial charge is 0.297 e. The van der Waals surface area contributed by atoms with Gasteiger partial charge < -0.3 is 0 Å². The molecule has 0 saturated heterocycles. The van der Waals surface area contributed by atoms with Crippen LogP contribution >= 0.6 is 0 Å². The fraction of sp³-hybridized carbons (Fsp3) is 0.280. The van der Waals surface area contributed by atoms with Gasteiger partial charge in [-0.3, -0.25) is 4.98 Å². The van der Waals surface area contributed by atoms with Crippen LogP contribution in [0.15, 0.2) is 54.7 Å². The summed E-state index contributed by atoms with van der Waals surface area (Å²) in [6.07, 6.45) is 7.32. The van der Waals surface area contributed by atoms with E-state index in [1.165, 1.54) is 69.8 Å². The third-order valence-corrected chi connectivity index (χ3v) is 6.74. The first-order valence-corrected chi connectivity index (χ1v) is 10.3. The Morgan fingerprint density at radius 1 is 1.00 bits per heavy atom. The molecule has 1 fully saturated rings. The molecule has 2 aromatic carbocycles. The average molecular weight is 366 g/mol. The van der Waals surface area contributed by atoms with Crippen molar-refractivity contribution < 1.29 is 4.57 Å². The van der Waals surface area contributed by atoms with E-state index in [2.05, 4.69) is 71.5 Å². The number of nitrogens with zero attached hydrogens (tertiary/aromatic N) is 3. The molecule has 3 heterocycles. The molecule has 1 saturated carbocycles. The number of fused-ring (bicyclic) bond motifs is 8. The molecule has 1 aliphatic rings. The lowest BCUT2D eigenvalue weighted by Crippen LogP contribution is -2.27. The number of aromatic nitrogens is 3. The quantitative estimate of drug-likeness (QED) is 0.280. The van der Waals surface area contributed by atoms with Crippen molar-refractivity contribution in [1.29, 1.82) is 0 Å². The molecular weight excluding hydrogens is 342 g/mol. The fourth-order valence-electron chi connectivity index (χ4n) is 5.33. The van der Waals surface area contributed by atoms with Crippen molar-refractivity contribution >= 4 is 38.5 Å². The van der Waals surface area contributed by atoms with Gasteiger partial charge >= 0.3 is 0 Å². The summed E-state index contributed by atoms with van der Waals surface area (Å²) in [6, 6.07) is 17.9. The van der Waals surface area contributed by atoms with Gasteiger partial charge in [-0.2, -0.15) is 4.40 Å². The van der Waals surface area contributed by atoms with Crippen molar-refractivity contribution in [2.75, 3.05) is 0 Å². The summed E-state index contributed by atoms with van der Waals surface area (Å²) in [5.41, 5.74) is 8.92. The van der Waals surface area contributed by atoms with E-state index < -0.39 is 0 Å². The van der Waals surface area contributed by atoms with Gasteiger partial charge in [0.2, 0.25) is 0 Å². The van der Waals surface area contributed by atoms with Crippen molar-refractivity contribution in [3.63, 3.8) is 0 Å². The number of para-hydroxylation sites is 1. The highest BCUT2D eigenvalue weighted by Crippen LogP contribution is 2.37. The molecule has 0 amide bonds. The first-order chi connectivity index (χ1) is 13.7. The molecule has 3 nitrogen and oxygen atoms in total. The Labute approximate surface area is 164 Å². The predicted molar refractivity (Wildman–Crippen MR) is 115 cm³/mol. The zero-order valence-electron chi connectivity index (χ0n) is 16.4. The summed E-state index contributed by atoms with van der Waals surface area (Å²) < 4.78 is 4.80. The summed E-state index contributed by atoms with van der Waals surface area (Å²) in [4.78, 5) is 4.79. The number of rotatable bonds is 1. The Hall–Kier alpha value is -2.94. The number of benzene rings is 2. The minimum atomic E-state index is 0.718. The molecule has 0 radical (unpaired) electrons. The number of hydrogen-bond donors (Lipinski definition) is 0. The SMILES string of the molecule is Cc1ccnc2c3ccccc3n3c4cc(C5CCCC5)ccc4[n+](C)c3c12. The van der Waals surface area contributed by atoms with Crippen LogP contribution in [0.3, 0.4) is 0 Å². The predicted octanol–water partition coefficient (Wildman–Crippen LogP) is 5.58. The Balaban J connectivity index is 1.86. The number of hydrogen-bond acceptors (Lipinski definition) is 1. The highest BCUT2D eigenvalue weighted by molar-refractivity contribution is 6.11. The van der Waals surface area contributed by atoms with E-state index in [4.69, 9.17) is 4.98 Å². The maximum absolute atomic E-state index is 4.79. The van der Waals surface area contributed by atoms with Crippen LogP contribution in [0.2, 0.25) is 0 Å². The van der Waals surface area contributed by atoms with Crippen LogP contribution in [-0.2, 0) is 7.05 Å². The topological polar surface area (TPSA) is 21.2 Å². The molecule has 0 unspecified atom stereocenters. The Morgan fingerprint density at radius 2 is 1.82 bits per heavy atom. The fourth-order valence-corrected chi connectivity index (χ4v) is 5.33. The molecule has 138 valence electrons. The monoisotopic (exact) mass is 366 g/mol. The van der Waals surface area contributed by atoms with Gasteiger partial charge in [-0.1, -0.05) is 31.0 Å². The van der Waals surface area contributed by atoms with Gasteiger partial charge in [-0.15, -0.1) is 0 Å². The van der Waals surface area contributed by atoms with E-state index in [0.717, 1.165) is 11.4 Å². The Kier molecular flexibility index (Phi) is 3.31. The second-order valence-corrected chi connectivity index (χ2v) is 8.32. The molecular formula is C25H24N3+. The number of aryl methyl sites for hydroxylation is 2. The highest BCUT2D eigenvalue weighted by atomic mass is 15.1. The lowest BCUT2D eigenvalue weighted by atomic mass is 9.97. The molecule has 0 spiro atoms. The summed E-state index contributed by atoms with van der Waals surface area (Å²) in [7, 11) is 2.19. The van der Waals surface area contributed by atoms with Gasteiger partial charge in [0.25, 0.3) is 5.65 Å². The maximum Gasteiger partial charge on any atom is 0.297 e. The van der Waals surface area contributed by atoms with E-state index in [1.807, 2.05) is 6.20 Å². The van der Waals surface area contributed by atoms with Gasteiger partial charge in [-0.05, 0) is 67.1 Å². The van der Waals surface area contributed by atoms with Crippen LogP contribution in [0.4, 0.5) is 0 Å². The highest BCUT2D eigenvalue weighted by Gasteiger charge is 2.26. The maximum atomic E-state index is 4.79. The van der Waals surface area contributed by atoms with E-state index in [-0.39, 0.29) is 0 Å². The van der Waals surface area contributed by atoms with E-state index in [9.17, 15) is 0 Å². The second kappa shape index (κ2) is 5.78. The summed E-state index contributed by atoms with van der Waals surface area (Å²) in [6.45, 7) is 2.19. The second-order valence-electron chi connectivity index (χ2n) is 8.32. The summed E-state index contributed by atoms with van der Waals surface area (Å²) in [5, 5.41) is 2.47. The van der Waals surface area contributed by atoms with Crippen molar-refractivity contribution in [2.24, 2.45) is 7.05 Å². The molecule has 3 heteroatoms. The smallest absolute Gasteiger partial charge is 0.255 e. The molecule has 0 aliphatic heterocycles. The lowest BCUT2D eigenvalue weighted by molar-refractivity contribution is -0.617. The Bertz CT molecular complexity index is 1390. The summed E-state index contributed by atoms with van der Waals surface area (Å²) in [5.74, 6) is 0.718. The van der Waals surface area contributed by atoms with Crippen LogP contribution < -0.4 is 4.57 Å². The molecule has 0 N–H and O–H groups in total. The number of pyridine rings is 2. The first kappa shape index (κ1) is 16.1. The molecule has 5 aromatic rings. The van der Waals surface area contributed by atoms with Gasteiger partial charge in [-0.25, -0.2) is 4.57 Å². The van der Waals surface area contributed by atoms with Gasteiger partial charge in [0.1, 0.15) is 5.52 Å². The molecule has 3 aromatic heterocycles. The molecule has 0 bridgehead atoms. The zero-order valence-corrected chi connectivity index (χ0v) is 16.4. The van der Waals surface area contributed by atoms with E-state index in [1.54, 1.807) is 0 Å². The minimum absolute atomic E-state index is 0.718. The van der Waals surface area contributed by atoms with Crippen LogP contribution in [0.5, 0.6) is 0 Å². The third-order valence-electron chi connectivity index (χ3n) is 6.74.